The largest absolute Gasteiger partial charge is 0.376 e. The van der Waals surface area contributed by atoms with Gasteiger partial charge in [-0.3, -0.25) is 4.79 Å². The van der Waals surface area contributed by atoms with Crippen LogP contribution in [-0.2, 0) is 16.1 Å². The molecule has 5 nitrogen and oxygen atoms in total. The van der Waals surface area contributed by atoms with E-state index in [4.69, 9.17) is 9.73 Å². The van der Waals surface area contributed by atoms with Crippen LogP contribution in [0.3, 0.4) is 0 Å². The molecule has 0 unspecified atom stereocenters. The number of amides is 1. The number of aromatic nitrogens is 1. The van der Waals surface area contributed by atoms with Crippen molar-refractivity contribution in [2.24, 2.45) is 4.99 Å². The van der Waals surface area contributed by atoms with E-state index < -0.39 is 0 Å². The quantitative estimate of drug-likeness (QED) is 0.689. The second kappa shape index (κ2) is 8.54. The van der Waals surface area contributed by atoms with Crippen molar-refractivity contribution in [2.75, 3.05) is 11.9 Å². The van der Waals surface area contributed by atoms with E-state index >= 15 is 0 Å². The molecule has 144 valence electrons. The molecule has 1 aliphatic heterocycles. The molecule has 0 saturated carbocycles. The van der Waals surface area contributed by atoms with Crippen LogP contribution in [0, 0.1) is 0 Å². The summed E-state index contributed by atoms with van der Waals surface area (Å²) < 4.78 is 8.09. The van der Waals surface area contributed by atoms with Crippen LogP contribution in [0.15, 0.2) is 65.7 Å². The molecule has 1 aliphatic rings. The molecular formula is C22H23N3O2S. The number of benzene rings is 2. The summed E-state index contributed by atoms with van der Waals surface area (Å²) in [6.07, 6.45) is 2.29. The number of hydrogen-bond donors (Lipinski definition) is 1. The van der Waals surface area contributed by atoms with Crippen molar-refractivity contribution >= 4 is 27.9 Å². The Hall–Kier alpha value is -2.70. The van der Waals surface area contributed by atoms with E-state index in [2.05, 4.69) is 22.0 Å². The topological polar surface area (TPSA) is 55.6 Å². The van der Waals surface area contributed by atoms with E-state index in [1.807, 2.05) is 48.5 Å². The number of thiazole rings is 1. The fraction of sp³-hybridized carbons (Fsp3) is 0.273. The molecule has 1 N–H and O–H groups in total. The van der Waals surface area contributed by atoms with Crippen molar-refractivity contribution in [3.05, 3.63) is 65.5 Å². The molecule has 1 fully saturated rings. The maximum atomic E-state index is 11.9. The fourth-order valence-corrected chi connectivity index (χ4v) is 4.53. The first-order valence-electron chi connectivity index (χ1n) is 9.49. The molecule has 2 aromatic carbocycles. The first-order valence-corrected chi connectivity index (χ1v) is 10.3. The number of nitrogens with zero attached hydrogens (tertiary/aromatic N) is 2. The van der Waals surface area contributed by atoms with Gasteiger partial charge < -0.3 is 14.6 Å². The molecule has 0 aliphatic carbocycles. The second-order valence-corrected chi connectivity index (χ2v) is 7.78. The normalized spacial score (nSPS) is 17.0. The molecule has 0 radical (unpaired) electrons. The van der Waals surface area contributed by atoms with Crippen molar-refractivity contribution < 1.29 is 9.53 Å². The molecule has 0 spiro atoms. The number of anilines is 1. The van der Waals surface area contributed by atoms with Gasteiger partial charge in [0.25, 0.3) is 0 Å². The predicted molar refractivity (Wildman–Crippen MR) is 113 cm³/mol. The molecule has 1 atom stereocenters. The van der Waals surface area contributed by atoms with E-state index in [9.17, 15) is 4.79 Å². The van der Waals surface area contributed by atoms with E-state index in [-0.39, 0.29) is 12.0 Å². The SMILES string of the molecule is CC(=O)Nc1sc(=Nc2ccccc2)n(C[C@@H]2CCCO2)c1-c1ccccc1. The number of carbonyl (C=O) groups is 1. The van der Waals surface area contributed by atoms with E-state index in [1.54, 1.807) is 0 Å². The standard InChI is InChI=1S/C22H23N3O2S/c1-16(26)23-21-20(17-9-4-2-5-10-17)25(15-19-13-8-14-27-19)22(28-21)24-18-11-6-3-7-12-18/h2-7,9-12,19H,8,13-15H2,1H3,(H,23,26)/t19-/m0/s1. The fourth-order valence-electron chi connectivity index (χ4n) is 3.40. The lowest BCUT2D eigenvalue weighted by molar-refractivity contribution is -0.114. The van der Waals surface area contributed by atoms with Gasteiger partial charge in [0, 0.05) is 19.1 Å². The van der Waals surface area contributed by atoms with Crippen LogP contribution in [0.2, 0.25) is 0 Å². The zero-order chi connectivity index (χ0) is 19.3. The van der Waals surface area contributed by atoms with Crippen molar-refractivity contribution in [2.45, 2.75) is 32.4 Å². The van der Waals surface area contributed by atoms with Crippen LogP contribution < -0.4 is 10.1 Å². The third-order valence-electron chi connectivity index (χ3n) is 4.64. The van der Waals surface area contributed by atoms with Crippen LogP contribution in [0.5, 0.6) is 0 Å². The summed E-state index contributed by atoms with van der Waals surface area (Å²) in [5.74, 6) is -0.0889. The predicted octanol–water partition coefficient (Wildman–Crippen LogP) is 4.59. The lowest BCUT2D eigenvalue weighted by atomic mass is 10.1. The van der Waals surface area contributed by atoms with E-state index in [1.165, 1.54) is 18.3 Å². The van der Waals surface area contributed by atoms with Crippen LogP contribution in [0.4, 0.5) is 10.7 Å². The Morgan fingerprint density at radius 3 is 2.54 bits per heavy atom. The van der Waals surface area contributed by atoms with Gasteiger partial charge >= 0.3 is 0 Å². The monoisotopic (exact) mass is 393 g/mol. The van der Waals surface area contributed by atoms with Gasteiger partial charge in [-0.15, -0.1) is 0 Å². The maximum Gasteiger partial charge on any atom is 0.221 e. The van der Waals surface area contributed by atoms with Gasteiger partial charge in [0.1, 0.15) is 5.00 Å². The van der Waals surface area contributed by atoms with Crippen molar-refractivity contribution in [1.82, 2.24) is 4.57 Å². The Morgan fingerprint density at radius 2 is 1.89 bits per heavy atom. The van der Waals surface area contributed by atoms with Gasteiger partial charge in [-0.05, 0) is 25.0 Å². The van der Waals surface area contributed by atoms with Crippen molar-refractivity contribution in [1.29, 1.82) is 0 Å². The number of ether oxygens (including phenoxy) is 1. The lowest BCUT2D eigenvalue weighted by Gasteiger charge is -2.15. The van der Waals surface area contributed by atoms with Gasteiger partial charge in [0.05, 0.1) is 24.0 Å². The summed E-state index contributed by atoms with van der Waals surface area (Å²) >= 11 is 1.50. The summed E-state index contributed by atoms with van der Waals surface area (Å²) in [5.41, 5.74) is 2.92. The van der Waals surface area contributed by atoms with Gasteiger partial charge in [-0.25, -0.2) is 4.99 Å². The van der Waals surface area contributed by atoms with Gasteiger partial charge in [-0.1, -0.05) is 59.9 Å². The van der Waals surface area contributed by atoms with Gasteiger partial charge in [0.15, 0.2) is 4.80 Å². The van der Waals surface area contributed by atoms with Crippen LogP contribution in [0.1, 0.15) is 19.8 Å². The van der Waals surface area contributed by atoms with Crippen molar-refractivity contribution in [3.8, 4) is 11.3 Å². The van der Waals surface area contributed by atoms with Crippen LogP contribution >= 0.6 is 11.3 Å². The first-order chi connectivity index (χ1) is 13.7. The molecule has 0 bridgehead atoms. The third kappa shape index (κ3) is 4.24. The highest BCUT2D eigenvalue weighted by atomic mass is 32.1. The highest BCUT2D eigenvalue weighted by Gasteiger charge is 2.22. The van der Waals surface area contributed by atoms with E-state index in [0.29, 0.717) is 6.54 Å². The maximum absolute atomic E-state index is 11.9. The zero-order valence-corrected chi connectivity index (χ0v) is 16.6. The molecule has 6 heteroatoms. The average Bonchev–Trinajstić information content (AvgIpc) is 3.32. The Morgan fingerprint density at radius 1 is 1.18 bits per heavy atom. The molecule has 2 heterocycles. The summed E-state index contributed by atoms with van der Waals surface area (Å²) in [6, 6.07) is 20.0. The van der Waals surface area contributed by atoms with Crippen LogP contribution in [0.25, 0.3) is 11.3 Å². The minimum Gasteiger partial charge on any atom is -0.376 e. The molecular weight excluding hydrogens is 370 g/mol. The Kier molecular flexibility index (Phi) is 5.69. The average molecular weight is 394 g/mol. The zero-order valence-electron chi connectivity index (χ0n) is 15.8. The first kappa shape index (κ1) is 18.7. The molecule has 1 amide bonds. The Balaban J connectivity index is 1.90. The number of nitrogens with one attached hydrogen (secondary N) is 1. The number of rotatable bonds is 5. The summed E-state index contributed by atoms with van der Waals surface area (Å²) in [4.78, 5) is 17.6. The van der Waals surface area contributed by atoms with Gasteiger partial charge in [0.2, 0.25) is 5.91 Å². The minimum absolute atomic E-state index is 0.0889. The second-order valence-electron chi connectivity index (χ2n) is 6.80. The molecule has 1 saturated heterocycles. The van der Waals surface area contributed by atoms with E-state index in [0.717, 1.165) is 46.2 Å². The van der Waals surface area contributed by atoms with Gasteiger partial charge in [-0.2, -0.15) is 0 Å². The molecule has 4 rings (SSSR count). The number of hydrogen-bond acceptors (Lipinski definition) is 4. The smallest absolute Gasteiger partial charge is 0.221 e. The highest BCUT2D eigenvalue weighted by Crippen LogP contribution is 2.32. The summed E-state index contributed by atoms with van der Waals surface area (Å²) in [6.45, 7) is 3.05. The van der Waals surface area contributed by atoms with Crippen LogP contribution in [-0.4, -0.2) is 23.2 Å². The Labute approximate surface area is 168 Å². The summed E-state index contributed by atoms with van der Waals surface area (Å²) in [5, 5.41) is 3.81. The lowest BCUT2D eigenvalue weighted by Crippen LogP contribution is -2.24. The summed E-state index contributed by atoms with van der Waals surface area (Å²) in [7, 11) is 0. The molecule has 1 aromatic heterocycles. The third-order valence-corrected chi connectivity index (χ3v) is 5.63. The highest BCUT2D eigenvalue weighted by molar-refractivity contribution is 7.14. The molecule has 3 aromatic rings. The van der Waals surface area contributed by atoms with Crippen molar-refractivity contribution in [3.63, 3.8) is 0 Å². The molecule has 28 heavy (non-hydrogen) atoms. The Bertz CT molecular complexity index is 1000. The number of carbonyl (C=O) groups excluding carboxylic acids is 1. The minimum atomic E-state index is -0.0889. The number of para-hydroxylation sites is 1.